The molecule has 1 heterocycles. The molecule has 0 saturated heterocycles. The maximum atomic E-state index is 13.1. The number of aliphatic hydroxyl groups excluding tert-OH is 1. The Balaban J connectivity index is 2.94. The van der Waals surface area contributed by atoms with E-state index in [2.05, 4.69) is 51.0 Å². The number of hydrogen-bond acceptors (Lipinski definition) is 15. The summed E-state index contributed by atoms with van der Waals surface area (Å²) in [7, 11) is -5.17. The number of aromatic nitrogens is 2. The van der Waals surface area contributed by atoms with Crippen molar-refractivity contribution in [3.05, 3.63) is 11.5 Å². The minimum atomic E-state index is -5.17. The van der Waals surface area contributed by atoms with Crippen molar-refractivity contribution < 1.29 is 61.2 Å². The molecular weight excluding hydrogens is 783 g/mol. The fraction of sp³-hybridized carbons (Fsp3) is 0.556. The predicted molar refractivity (Wildman–Crippen MR) is 195 cm³/mol. The van der Waals surface area contributed by atoms with Crippen molar-refractivity contribution in [3.8, 4) is 5.88 Å². The summed E-state index contributed by atoms with van der Waals surface area (Å²) in [6, 6.07) is -7.19. The van der Waals surface area contributed by atoms with Crippen LogP contribution < -0.4 is 43.4 Å². The van der Waals surface area contributed by atoms with Gasteiger partial charge in [0.25, 0.3) is 0 Å². The van der Waals surface area contributed by atoms with Gasteiger partial charge in [0.1, 0.15) is 47.0 Å². The maximum Gasteiger partial charge on any atom is 0.397 e. The van der Waals surface area contributed by atoms with Gasteiger partial charge in [-0.15, -0.1) is 0 Å². The lowest BCUT2D eigenvalue weighted by molar-refractivity contribution is -0.141. The Hall–Kier alpha value is -5.09. The minimum Gasteiger partial charge on any atom is -0.492 e. The van der Waals surface area contributed by atoms with Crippen LogP contribution in [0, 0.1) is 0 Å². The number of ketones is 1. The van der Waals surface area contributed by atoms with E-state index >= 15 is 0 Å². The highest BCUT2D eigenvalue weighted by atomic mass is 32.3. The van der Waals surface area contributed by atoms with E-state index in [1.165, 1.54) is 20.8 Å². The Morgan fingerprint density at radius 2 is 1.50 bits per heavy atom. The van der Waals surface area contributed by atoms with E-state index in [9.17, 15) is 47.4 Å². The number of carboxylic acid groups (broad SMARTS) is 1. The van der Waals surface area contributed by atoms with E-state index in [-0.39, 0.29) is 46.8 Å². The monoisotopic (exact) mass is 825 g/mol. The summed E-state index contributed by atoms with van der Waals surface area (Å²) < 4.78 is 36.3. The zero-order valence-corrected chi connectivity index (χ0v) is 31.7. The third kappa shape index (κ3) is 16.3. The van der Waals surface area contributed by atoms with Gasteiger partial charge in [0.15, 0.2) is 17.6 Å². The van der Waals surface area contributed by atoms with Crippen LogP contribution in [-0.2, 0) is 38.6 Å². The molecule has 0 saturated carbocycles. The molecule has 15 N–H and O–H groups in total. The molecule has 1 rings (SSSR count). The normalized spacial score (nSPS) is 14.4. The first-order valence-corrected chi connectivity index (χ1v) is 17.8. The van der Waals surface area contributed by atoms with Gasteiger partial charge in [-0.05, 0) is 34.1 Å². The minimum absolute atomic E-state index is 0.0307. The van der Waals surface area contributed by atoms with Crippen LogP contribution >= 0.6 is 24.4 Å². The Morgan fingerprint density at radius 3 is 2.06 bits per heavy atom. The molecule has 0 radical (unpaired) electrons. The SMILES string of the molecule is CC(NC(=O)C(C)NC(=S)CNC(=O)C(NC(=O)C(CO)NC(=O)C(C)NC(=S)c1[nH]c(C(=O)CCCN=C(N)N)nc1O)C(C)OS(=O)(=O)O)C(=O)O. The van der Waals surface area contributed by atoms with Crippen molar-refractivity contribution >= 4 is 86.2 Å². The zero-order chi connectivity index (χ0) is 41.5. The molecule has 0 aliphatic carbocycles. The molecule has 6 atom stereocenters. The number of thiocarbonyl (C=S) groups is 2. The molecule has 1 aromatic rings. The molecule has 0 aromatic carbocycles. The third-order valence-electron chi connectivity index (χ3n) is 6.83. The number of aliphatic imine (C=N–C) groups is 1. The van der Waals surface area contributed by atoms with E-state index in [0.717, 1.165) is 6.92 Å². The van der Waals surface area contributed by atoms with Gasteiger partial charge in [-0.1, -0.05) is 24.4 Å². The number of aliphatic hydroxyl groups is 1. The average molecular weight is 826 g/mol. The first-order valence-electron chi connectivity index (χ1n) is 15.6. The number of carboxylic acids is 1. The van der Waals surface area contributed by atoms with E-state index in [1.807, 2.05) is 0 Å². The Morgan fingerprint density at radius 1 is 0.907 bits per heavy atom. The van der Waals surface area contributed by atoms with Crippen molar-refractivity contribution in [3.63, 3.8) is 0 Å². The summed E-state index contributed by atoms with van der Waals surface area (Å²) in [5.41, 5.74) is 10.3. The number of amides is 4. The van der Waals surface area contributed by atoms with Crippen molar-refractivity contribution in [1.29, 1.82) is 0 Å². The molecule has 0 aliphatic heterocycles. The number of carbonyl (C=O) groups excluding carboxylic acids is 5. The summed E-state index contributed by atoms with van der Waals surface area (Å²) in [6.07, 6.45) is -1.54. The Bertz CT molecular complexity index is 1720. The summed E-state index contributed by atoms with van der Waals surface area (Å²) in [5, 5.41) is 42.9. The van der Waals surface area contributed by atoms with Gasteiger partial charge < -0.3 is 63.7 Å². The topological polar surface area (TPSA) is 392 Å². The van der Waals surface area contributed by atoms with Crippen LogP contribution in [0.25, 0.3) is 0 Å². The second-order valence-electron chi connectivity index (χ2n) is 11.3. The first kappa shape index (κ1) is 46.9. The molecule has 27 heteroatoms. The average Bonchev–Trinajstić information content (AvgIpc) is 3.46. The number of nitrogens with two attached hydrogens (primary N) is 2. The van der Waals surface area contributed by atoms with E-state index in [1.54, 1.807) is 0 Å². The Labute approximate surface area is 319 Å². The number of imidazole rings is 1. The lowest BCUT2D eigenvalue weighted by Gasteiger charge is -2.26. The number of H-pyrrole nitrogens is 1. The fourth-order valence-electron chi connectivity index (χ4n) is 3.98. The molecule has 1 aromatic heterocycles. The van der Waals surface area contributed by atoms with Gasteiger partial charge in [-0.2, -0.15) is 13.4 Å². The number of guanidine groups is 1. The molecule has 4 amide bonds. The number of aromatic hydroxyl groups is 1. The van der Waals surface area contributed by atoms with Crippen LogP contribution in [0.4, 0.5) is 0 Å². The van der Waals surface area contributed by atoms with Gasteiger partial charge in [0.2, 0.25) is 29.5 Å². The van der Waals surface area contributed by atoms with Gasteiger partial charge in [0.05, 0.1) is 18.1 Å². The number of nitrogens with zero attached hydrogens (tertiary/aromatic N) is 2. The van der Waals surface area contributed by atoms with Gasteiger partial charge in [0, 0.05) is 13.0 Å². The maximum absolute atomic E-state index is 13.1. The van der Waals surface area contributed by atoms with E-state index in [0.29, 0.717) is 0 Å². The number of hydrogen-bond donors (Lipinski definition) is 13. The van der Waals surface area contributed by atoms with Crippen LogP contribution in [0.15, 0.2) is 4.99 Å². The number of Topliss-reactive ketones (excluding diaryl/α,β-unsaturated/α-hetero) is 1. The molecule has 54 heavy (non-hydrogen) atoms. The van der Waals surface area contributed by atoms with Crippen molar-refractivity contribution in [2.24, 2.45) is 16.5 Å². The highest BCUT2D eigenvalue weighted by Crippen LogP contribution is 2.16. The molecule has 24 nitrogen and oxygen atoms in total. The number of nitrogens with one attached hydrogen (secondary N) is 7. The lowest BCUT2D eigenvalue weighted by atomic mass is 10.1. The summed E-state index contributed by atoms with van der Waals surface area (Å²) in [5.74, 6) is -6.87. The molecule has 0 aliphatic rings. The van der Waals surface area contributed by atoms with Crippen LogP contribution in [0.1, 0.15) is 56.8 Å². The van der Waals surface area contributed by atoms with Crippen molar-refractivity contribution in [1.82, 2.24) is 41.9 Å². The highest BCUT2D eigenvalue weighted by Gasteiger charge is 2.34. The molecule has 0 bridgehead atoms. The lowest BCUT2D eigenvalue weighted by Crippen LogP contribution is -2.60. The predicted octanol–water partition coefficient (Wildman–Crippen LogP) is -4.81. The second-order valence-corrected chi connectivity index (χ2v) is 13.3. The quantitative estimate of drug-likeness (QED) is 0.0130. The van der Waals surface area contributed by atoms with Crippen molar-refractivity contribution in [2.75, 3.05) is 19.7 Å². The van der Waals surface area contributed by atoms with Crippen LogP contribution in [0.5, 0.6) is 5.88 Å². The van der Waals surface area contributed by atoms with Gasteiger partial charge in [-0.3, -0.25) is 38.3 Å². The molecule has 0 fully saturated rings. The number of rotatable bonds is 22. The van der Waals surface area contributed by atoms with Crippen LogP contribution in [0.3, 0.4) is 0 Å². The molecule has 302 valence electrons. The Kier molecular flexibility index (Phi) is 18.7. The number of carbonyl (C=O) groups is 6. The molecule has 0 spiro atoms. The van der Waals surface area contributed by atoms with Crippen LogP contribution in [-0.4, -0.2) is 146 Å². The molecule has 6 unspecified atom stereocenters. The summed E-state index contributed by atoms with van der Waals surface area (Å²) in [6.45, 7) is 3.48. The first-order chi connectivity index (χ1) is 25.0. The smallest absolute Gasteiger partial charge is 0.397 e. The van der Waals surface area contributed by atoms with Gasteiger partial charge in [-0.25, -0.2) is 4.18 Å². The summed E-state index contributed by atoms with van der Waals surface area (Å²) in [4.78, 5) is 84.3. The van der Waals surface area contributed by atoms with E-state index < -0.39 is 101 Å². The largest absolute Gasteiger partial charge is 0.492 e. The highest BCUT2D eigenvalue weighted by molar-refractivity contribution is 7.81. The van der Waals surface area contributed by atoms with E-state index in [4.69, 9.17) is 45.6 Å². The number of aliphatic carboxylic acids is 1. The third-order valence-corrected chi connectivity index (χ3v) is 7.97. The zero-order valence-electron chi connectivity index (χ0n) is 29.2. The summed E-state index contributed by atoms with van der Waals surface area (Å²) >= 11 is 10.3. The molecular formula is C27H43N11O13S3. The fourth-order valence-corrected chi connectivity index (χ4v) is 5.04. The number of aromatic amines is 1. The van der Waals surface area contributed by atoms with Crippen molar-refractivity contribution in [2.45, 2.75) is 76.8 Å². The second kappa shape index (κ2) is 21.6. The standard InChI is InChI=1S/C27H43N11O13S3/c1-10(20(41)33-12(3)26(46)47)32-16(52)8-31-23(44)17(13(4)51-54(48,49)50)37-22(43)14(9-39)35-21(42)11(2)34-25(53)18-24(45)38-19(36-18)15(40)6-5-7-30-27(28)29/h10-14,17,39,45H,5-9H2,1-4H3,(H,31,44)(H,32,52)(H,33,41)(H,34,53)(H,35,42)(H,36,38)(H,37,43)(H,46,47)(H4,28,29,30)(H,48,49,50). The van der Waals surface area contributed by atoms with Gasteiger partial charge >= 0.3 is 16.4 Å². The van der Waals surface area contributed by atoms with Crippen LogP contribution in [0.2, 0.25) is 0 Å².